The molecular weight excluding hydrogens is 252 g/mol. The lowest BCUT2D eigenvalue weighted by Gasteiger charge is -2.16. The molecule has 1 aromatic carbocycles. The Morgan fingerprint density at radius 3 is 1.88 bits per heavy atom. The first-order valence-corrected chi connectivity index (χ1v) is 4.11. The first-order valence-electron chi connectivity index (χ1n) is 4.11. The molecule has 0 aromatic heterocycles. The fourth-order valence-electron chi connectivity index (χ4n) is 1.32. The quantitative estimate of drug-likeness (QED) is 0.477. The van der Waals surface area contributed by atoms with Crippen molar-refractivity contribution in [3.63, 3.8) is 0 Å². The number of carbonyl (C=O) groups excluding carboxylic acids is 1. The standard InChI is InChI=1S/C9H5F6NO/c10-8(11,12)5-1-2-6(16)7(4(5)3-17)9(13,14)15/h1-3H,16H2. The Morgan fingerprint density at radius 2 is 1.53 bits per heavy atom. The van der Waals surface area contributed by atoms with E-state index in [-0.39, 0.29) is 0 Å². The van der Waals surface area contributed by atoms with Crippen LogP contribution in [-0.4, -0.2) is 6.29 Å². The van der Waals surface area contributed by atoms with E-state index in [1.165, 1.54) is 0 Å². The molecule has 2 nitrogen and oxygen atoms in total. The second kappa shape index (κ2) is 3.94. The third-order valence-electron chi connectivity index (χ3n) is 1.98. The summed E-state index contributed by atoms with van der Waals surface area (Å²) in [4.78, 5) is 10.4. The maximum atomic E-state index is 12.5. The molecule has 17 heavy (non-hydrogen) atoms. The molecule has 1 rings (SSSR count). The topological polar surface area (TPSA) is 43.1 Å². The molecule has 0 radical (unpaired) electrons. The maximum Gasteiger partial charge on any atom is 0.419 e. The van der Waals surface area contributed by atoms with Crippen molar-refractivity contribution < 1.29 is 31.1 Å². The number of hydrogen-bond donors (Lipinski definition) is 1. The van der Waals surface area contributed by atoms with E-state index in [0.717, 1.165) is 0 Å². The van der Waals surface area contributed by atoms with Gasteiger partial charge in [0.2, 0.25) is 0 Å². The van der Waals surface area contributed by atoms with Gasteiger partial charge in [0.1, 0.15) is 0 Å². The number of nitrogens with two attached hydrogens (primary N) is 1. The summed E-state index contributed by atoms with van der Waals surface area (Å²) in [5.74, 6) is 0. The van der Waals surface area contributed by atoms with Gasteiger partial charge in [-0.3, -0.25) is 4.79 Å². The molecule has 1 aromatic rings. The number of anilines is 1. The molecular formula is C9H5F6NO. The molecule has 2 N–H and O–H groups in total. The second-order valence-electron chi connectivity index (χ2n) is 3.10. The average Bonchev–Trinajstić information content (AvgIpc) is 2.12. The van der Waals surface area contributed by atoms with Gasteiger partial charge in [0.25, 0.3) is 0 Å². The monoisotopic (exact) mass is 257 g/mol. The Balaban J connectivity index is 3.66. The van der Waals surface area contributed by atoms with Crippen molar-refractivity contribution in [2.75, 3.05) is 5.73 Å². The smallest absolute Gasteiger partial charge is 0.398 e. The lowest BCUT2D eigenvalue weighted by atomic mass is 9.99. The van der Waals surface area contributed by atoms with Gasteiger partial charge in [0.15, 0.2) is 6.29 Å². The Hall–Kier alpha value is -1.73. The van der Waals surface area contributed by atoms with Crippen molar-refractivity contribution in [1.82, 2.24) is 0 Å². The van der Waals surface area contributed by atoms with Gasteiger partial charge in [-0.1, -0.05) is 0 Å². The van der Waals surface area contributed by atoms with E-state index in [2.05, 4.69) is 0 Å². The highest BCUT2D eigenvalue weighted by molar-refractivity contribution is 5.83. The molecule has 0 spiro atoms. The predicted octanol–water partition coefficient (Wildman–Crippen LogP) is 3.12. The van der Waals surface area contributed by atoms with Crippen molar-refractivity contribution in [3.8, 4) is 0 Å². The number of benzene rings is 1. The van der Waals surface area contributed by atoms with Crippen LogP contribution in [0.25, 0.3) is 0 Å². The SMILES string of the molecule is Nc1ccc(C(F)(F)F)c(C=O)c1C(F)(F)F. The predicted molar refractivity (Wildman–Crippen MR) is 46.2 cm³/mol. The van der Waals surface area contributed by atoms with E-state index in [9.17, 15) is 31.1 Å². The fraction of sp³-hybridized carbons (Fsp3) is 0.222. The van der Waals surface area contributed by atoms with Crippen LogP contribution in [-0.2, 0) is 12.4 Å². The molecule has 0 bridgehead atoms. The van der Waals surface area contributed by atoms with Crippen LogP contribution in [0.3, 0.4) is 0 Å². The van der Waals surface area contributed by atoms with Crippen LogP contribution in [0.2, 0.25) is 0 Å². The first kappa shape index (κ1) is 13.3. The summed E-state index contributed by atoms with van der Waals surface area (Å²) in [7, 11) is 0. The van der Waals surface area contributed by atoms with Crippen molar-refractivity contribution in [1.29, 1.82) is 0 Å². The lowest BCUT2D eigenvalue weighted by molar-refractivity contribution is -0.143. The van der Waals surface area contributed by atoms with Gasteiger partial charge in [-0.25, -0.2) is 0 Å². The number of aldehydes is 1. The van der Waals surface area contributed by atoms with Crippen LogP contribution in [0.15, 0.2) is 12.1 Å². The molecule has 94 valence electrons. The molecule has 0 heterocycles. The lowest BCUT2D eigenvalue weighted by Crippen LogP contribution is -2.18. The number of hydrogen-bond acceptors (Lipinski definition) is 2. The van der Waals surface area contributed by atoms with Gasteiger partial charge >= 0.3 is 12.4 Å². The normalized spacial score (nSPS) is 12.6. The summed E-state index contributed by atoms with van der Waals surface area (Å²) >= 11 is 0. The summed E-state index contributed by atoms with van der Waals surface area (Å²) in [6.45, 7) is 0. The minimum Gasteiger partial charge on any atom is -0.398 e. The third-order valence-corrected chi connectivity index (χ3v) is 1.98. The summed E-state index contributed by atoms with van der Waals surface area (Å²) in [6, 6.07) is 0.812. The van der Waals surface area contributed by atoms with Crippen molar-refractivity contribution in [2.24, 2.45) is 0 Å². The molecule has 0 unspecified atom stereocenters. The third kappa shape index (κ3) is 2.51. The molecule has 8 heteroatoms. The maximum absolute atomic E-state index is 12.5. The zero-order chi connectivity index (χ0) is 13.4. The Labute approximate surface area is 91.0 Å². The number of alkyl halides is 6. The Morgan fingerprint density at radius 1 is 1.00 bits per heavy atom. The number of halogens is 6. The molecule has 0 saturated heterocycles. The second-order valence-corrected chi connectivity index (χ2v) is 3.10. The number of carbonyl (C=O) groups is 1. The van der Waals surface area contributed by atoms with Gasteiger partial charge in [0.05, 0.1) is 11.1 Å². The van der Waals surface area contributed by atoms with E-state index >= 15 is 0 Å². The molecule has 0 aliphatic rings. The molecule has 0 aliphatic carbocycles. The summed E-state index contributed by atoms with van der Waals surface area (Å²) in [5.41, 5.74) is -0.890. The van der Waals surface area contributed by atoms with E-state index < -0.39 is 41.0 Å². The zero-order valence-corrected chi connectivity index (χ0v) is 7.99. The minimum absolute atomic E-state index is 0.342. The van der Waals surface area contributed by atoms with Gasteiger partial charge in [-0.15, -0.1) is 0 Å². The van der Waals surface area contributed by atoms with Gasteiger partial charge in [0, 0.05) is 11.3 Å². The van der Waals surface area contributed by atoms with E-state index in [0.29, 0.717) is 12.1 Å². The van der Waals surface area contributed by atoms with Crippen LogP contribution >= 0.6 is 0 Å². The van der Waals surface area contributed by atoms with E-state index in [1.807, 2.05) is 0 Å². The zero-order valence-electron chi connectivity index (χ0n) is 7.99. The van der Waals surface area contributed by atoms with Crippen molar-refractivity contribution >= 4 is 12.0 Å². The summed E-state index contributed by atoms with van der Waals surface area (Å²) in [5, 5.41) is 0. The minimum atomic E-state index is -5.12. The van der Waals surface area contributed by atoms with Crippen LogP contribution < -0.4 is 5.73 Å². The van der Waals surface area contributed by atoms with Gasteiger partial charge in [-0.05, 0) is 12.1 Å². The van der Waals surface area contributed by atoms with Crippen molar-refractivity contribution in [3.05, 3.63) is 28.8 Å². The highest BCUT2D eigenvalue weighted by atomic mass is 19.4. The highest BCUT2D eigenvalue weighted by Gasteiger charge is 2.42. The van der Waals surface area contributed by atoms with Crippen LogP contribution in [0.4, 0.5) is 32.0 Å². The van der Waals surface area contributed by atoms with Crippen molar-refractivity contribution in [2.45, 2.75) is 12.4 Å². The van der Waals surface area contributed by atoms with E-state index in [1.54, 1.807) is 0 Å². The molecule has 0 amide bonds. The summed E-state index contributed by atoms with van der Waals surface area (Å²) in [6.07, 6.45) is -10.7. The summed E-state index contributed by atoms with van der Waals surface area (Å²) < 4.78 is 74.5. The van der Waals surface area contributed by atoms with Crippen LogP contribution in [0.5, 0.6) is 0 Å². The fourth-order valence-corrected chi connectivity index (χ4v) is 1.32. The Kier molecular flexibility index (Phi) is 3.09. The first-order chi connectivity index (χ1) is 7.59. The number of nitrogen functional groups attached to an aromatic ring is 1. The highest BCUT2D eigenvalue weighted by Crippen LogP contribution is 2.41. The molecule has 0 atom stereocenters. The largest absolute Gasteiger partial charge is 0.419 e. The average molecular weight is 257 g/mol. The Bertz CT molecular complexity index is 448. The molecule has 0 fully saturated rings. The molecule has 0 aliphatic heterocycles. The van der Waals surface area contributed by atoms with Gasteiger partial charge < -0.3 is 5.73 Å². The van der Waals surface area contributed by atoms with Crippen LogP contribution in [0, 0.1) is 0 Å². The van der Waals surface area contributed by atoms with Gasteiger partial charge in [-0.2, -0.15) is 26.3 Å². The number of rotatable bonds is 1. The van der Waals surface area contributed by atoms with Crippen LogP contribution in [0.1, 0.15) is 21.5 Å². The van der Waals surface area contributed by atoms with E-state index in [4.69, 9.17) is 5.73 Å². The molecule has 0 saturated carbocycles.